The van der Waals surface area contributed by atoms with Gasteiger partial charge in [0, 0.05) is 11.1 Å². The van der Waals surface area contributed by atoms with Crippen LogP contribution in [0.3, 0.4) is 0 Å². The summed E-state index contributed by atoms with van der Waals surface area (Å²) < 4.78 is 41.2. The molecule has 1 aromatic carbocycles. The largest absolute Gasteiger partial charge is 0.573 e. The highest BCUT2D eigenvalue weighted by molar-refractivity contribution is 5.39. The average Bonchev–Trinajstić information content (AvgIpc) is 2.32. The Hall–Kier alpha value is -1.27. The molecule has 6 heteroatoms. The molecule has 106 valence electrons. The molecule has 1 saturated carbocycles. The molecule has 3 nitrogen and oxygen atoms in total. The van der Waals surface area contributed by atoms with Gasteiger partial charge in [0.15, 0.2) is 0 Å². The third-order valence-electron chi connectivity index (χ3n) is 3.50. The average molecular weight is 275 g/mol. The van der Waals surface area contributed by atoms with Gasteiger partial charge in [0.1, 0.15) is 5.75 Å². The number of hydrogen-bond donors (Lipinski definition) is 2. The van der Waals surface area contributed by atoms with E-state index in [2.05, 4.69) is 4.74 Å². The number of alkyl halides is 3. The SMILES string of the molecule is NC1(c2ccccc2OC(F)(F)F)CCC(O)CC1. The first-order valence-electron chi connectivity index (χ1n) is 6.12. The van der Waals surface area contributed by atoms with Crippen molar-refractivity contribution in [2.45, 2.75) is 43.7 Å². The number of aliphatic hydroxyl groups is 1. The molecule has 0 bridgehead atoms. The molecule has 0 radical (unpaired) electrons. The number of halogens is 3. The highest BCUT2D eigenvalue weighted by atomic mass is 19.4. The molecule has 0 heterocycles. The van der Waals surface area contributed by atoms with Crippen LogP contribution in [0.5, 0.6) is 5.75 Å². The molecule has 0 aliphatic heterocycles. The van der Waals surface area contributed by atoms with Crippen molar-refractivity contribution in [2.24, 2.45) is 5.73 Å². The van der Waals surface area contributed by atoms with Crippen LogP contribution in [0, 0.1) is 0 Å². The molecule has 0 amide bonds. The van der Waals surface area contributed by atoms with Crippen molar-refractivity contribution in [1.29, 1.82) is 0 Å². The van der Waals surface area contributed by atoms with Crippen molar-refractivity contribution in [3.8, 4) is 5.75 Å². The Morgan fingerprint density at radius 2 is 1.79 bits per heavy atom. The summed E-state index contributed by atoms with van der Waals surface area (Å²) in [6, 6.07) is 5.94. The third kappa shape index (κ3) is 3.39. The lowest BCUT2D eigenvalue weighted by atomic mass is 9.76. The van der Waals surface area contributed by atoms with Gasteiger partial charge in [-0.1, -0.05) is 18.2 Å². The number of aliphatic hydroxyl groups excluding tert-OH is 1. The van der Waals surface area contributed by atoms with E-state index in [-0.39, 0.29) is 5.75 Å². The van der Waals surface area contributed by atoms with E-state index in [4.69, 9.17) is 5.73 Å². The van der Waals surface area contributed by atoms with Gasteiger partial charge >= 0.3 is 6.36 Å². The molecule has 1 aromatic rings. The molecule has 1 aliphatic rings. The summed E-state index contributed by atoms with van der Waals surface area (Å²) in [5.41, 5.74) is 5.68. The fourth-order valence-corrected chi connectivity index (χ4v) is 2.48. The van der Waals surface area contributed by atoms with Crippen LogP contribution >= 0.6 is 0 Å². The second-order valence-corrected chi connectivity index (χ2v) is 4.93. The van der Waals surface area contributed by atoms with Gasteiger partial charge in [-0.3, -0.25) is 0 Å². The van der Waals surface area contributed by atoms with Gasteiger partial charge in [-0.25, -0.2) is 0 Å². The van der Waals surface area contributed by atoms with Crippen molar-refractivity contribution in [2.75, 3.05) is 0 Å². The summed E-state index contributed by atoms with van der Waals surface area (Å²) >= 11 is 0. The molecular weight excluding hydrogens is 259 g/mol. The van der Waals surface area contributed by atoms with Crippen molar-refractivity contribution >= 4 is 0 Å². The predicted molar refractivity (Wildman–Crippen MR) is 63.5 cm³/mol. The van der Waals surface area contributed by atoms with Gasteiger partial charge in [-0.2, -0.15) is 0 Å². The first-order valence-corrected chi connectivity index (χ1v) is 6.12. The molecule has 19 heavy (non-hydrogen) atoms. The maximum Gasteiger partial charge on any atom is 0.573 e. The summed E-state index contributed by atoms with van der Waals surface area (Å²) in [6.45, 7) is 0. The quantitative estimate of drug-likeness (QED) is 0.872. The molecule has 0 saturated heterocycles. The molecular formula is C13H16F3NO2. The van der Waals surface area contributed by atoms with Gasteiger partial charge in [-0.15, -0.1) is 13.2 Å². The minimum atomic E-state index is -4.74. The molecule has 0 spiro atoms. The number of hydrogen-bond acceptors (Lipinski definition) is 3. The van der Waals surface area contributed by atoms with Gasteiger partial charge < -0.3 is 15.6 Å². The molecule has 1 fully saturated rings. The van der Waals surface area contributed by atoms with E-state index >= 15 is 0 Å². The number of para-hydroxylation sites is 1. The zero-order valence-corrected chi connectivity index (χ0v) is 10.3. The third-order valence-corrected chi connectivity index (χ3v) is 3.50. The number of nitrogens with two attached hydrogens (primary N) is 1. The lowest BCUT2D eigenvalue weighted by Crippen LogP contribution is -2.42. The van der Waals surface area contributed by atoms with Crippen molar-refractivity contribution in [3.63, 3.8) is 0 Å². The van der Waals surface area contributed by atoms with E-state index in [0.29, 0.717) is 31.2 Å². The first-order chi connectivity index (χ1) is 8.80. The normalized spacial score (nSPS) is 28.2. The van der Waals surface area contributed by atoms with Gasteiger partial charge in [0.25, 0.3) is 0 Å². The standard InChI is InChI=1S/C13H16F3NO2/c14-13(15,16)19-11-4-2-1-3-10(11)12(17)7-5-9(18)6-8-12/h1-4,9,18H,5-8,17H2. The van der Waals surface area contributed by atoms with Crippen molar-refractivity contribution in [1.82, 2.24) is 0 Å². The first kappa shape index (κ1) is 14.1. The van der Waals surface area contributed by atoms with Crippen LogP contribution in [0.25, 0.3) is 0 Å². The predicted octanol–water partition coefficient (Wildman–Crippen LogP) is 2.67. The highest BCUT2D eigenvalue weighted by Crippen LogP contribution is 2.40. The van der Waals surface area contributed by atoms with Gasteiger partial charge in [-0.05, 0) is 31.7 Å². The van der Waals surface area contributed by atoms with E-state index in [1.165, 1.54) is 12.1 Å². The monoisotopic (exact) mass is 275 g/mol. The fourth-order valence-electron chi connectivity index (χ4n) is 2.48. The summed E-state index contributed by atoms with van der Waals surface area (Å²) in [5, 5.41) is 9.48. The Balaban J connectivity index is 2.29. The topological polar surface area (TPSA) is 55.5 Å². The minimum absolute atomic E-state index is 0.256. The van der Waals surface area contributed by atoms with Crippen molar-refractivity contribution < 1.29 is 23.0 Å². The summed E-state index contributed by atoms with van der Waals surface area (Å²) in [4.78, 5) is 0. The minimum Gasteiger partial charge on any atom is -0.405 e. The summed E-state index contributed by atoms with van der Waals surface area (Å²) in [6.07, 6.45) is -3.32. The van der Waals surface area contributed by atoms with E-state index < -0.39 is 18.0 Å². The van der Waals surface area contributed by atoms with E-state index in [1.807, 2.05) is 0 Å². The van der Waals surface area contributed by atoms with Crippen LogP contribution in [0.15, 0.2) is 24.3 Å². The van der Waals surface area contributed by atoms with Crippen LogP contribution in [0.4, 0.5) is 13.2 Å². The smallest absolute Gasteiger partial charge is 0.405 e. The van der Waals surface area contributed by atoms with E-state index in [1.54, 1.807) is 12.1 Å². The highest BCUT2D eigenvalue weighted by Gasteiger charge is 2.38. The Kier molecular flexibility index (Phi) is 3.73. The summed E-state index contributed by atoms with van der Waals surface area (Å²) in [7, 11) is 0. The number of ether oxygens (including phenoxy) is 1. The molecule has 0 atom stereocenters. The van der Waals surface area contributed by atoms with Gasteiger partial charge in [0.05, 0.1) is 6.10 Å². The maximum absolute atomic E-state index is 12.4. The fraction of sp³-hybridized carbons (Fsp3) is 0.538. The van der Waals surface area contributed by atoms with Crippen LogP contribution in [0.1, 0.15) is 31.2 Å². The Labute approximate surface area is 109 Å². The second kappa shape index (κ2) is 5.02. The van der Waals surface area contributed by atoms with Crippen molar-refractivity contribution in [3.05, 3.63) is 29.8 Å². The maximum atomic E-state index is 12.4. The number of benzene rings is 1. The zero-order valence-electron chi connectivity index (χ0n) is 10.3. The van der Waals surface area contributed by atoms with Gasteiger partial charge in [0.2, 0.25) is 0 Å². The molecule has 1 aliphatic carbocycles. The van der Waals surface area contributed by atoms with Crippen LogP contribution in [0.2, 0.25) is 0 Å². The van der Waals surface area contributed by atoms with Crippen LogP contribution < -0.4 is 10.5 Å². The lowest BCUT2D eigenvalue weighted by molar-refractivity contribution is -0.275. The summed E-state index contributed by atoms with van der Waals surface area (Å²) in [5.74, 6) is -0.256. The second-order valence-electron chi connectivity index (χ2n) is 4.93. The van der Waals surface area contributed by atoms with E-state index in [9.17, 15) is 18.3 Å². The lowest BCUT2D eigenvalue weighted by Gasteiger charge is -2.36. The van der Waals surface area contributed by atoms with Crippen LogP contribution in [-0.2, 0) is 5.54 Å². The number of rotatable bonds is 2. The Morgan fingerprint density at radius 1 is 1.21 bits per heavy atom. The molecule has 3 N–H and O–H groups in total. The molecule has 0 unspecified atom stereocenters. The Morgan fingerprint density at radius 3 is 2.37 bits per heavy atom. The van der Waals surface area contributed by atoms with Crippen LogP contribution in [-0.4, -0.2) is 17.6 Å². The van der Waals surface area contributed by atoms with E-state index in [0.717, 1.165) is 0 Å². The molecule has 2 rings (SSSR count). The Bertz CT molecular complexity index is 440. The molecule has 0 aromatic heterocycles. The zero-order chi connectivity index (χ0) is 14.1.